The standard InChI is InChI=1S/C20H20N6O/c1-12-5-13(2)7-16(6-12)20-22-11-26(25-20)10-17(19(21)27)14-3-4-15-9-23-24-18(15)8-14/h3-8,10-11,23-24H,9H2,1-2H3,(H2,21,27)/b17-10+. The third-order valence-electron chi connectivity index (χ3n) is 4.44. The van der Waals surface area contributed by atoms with E-state index in [0.717, 1.165) is 40.0 Å². The zero-order valence-electron chi connectivity index (χ0n) is 15.2. The van der Waals surface area contributed by atoms with Crippen LogP contribution in [0.2, 0.25) is 0 Å². The fourth-order valence-electron chi connectivity index (χ4n) is 3.23. The molecule has 2 heterocycles. The van der Waals surface area contributed by atoms with Crippen LogP contribution in [0.15, 0.2) is 42.7 Å². The zero-order valence-corrected chi connectivity index (χ0v) is 15.2. The van der Waals surface area contributed by atoms with E-state index in [9.17, 15) is 4.79 Å². The van der Waals surface area contributed by atoms with Crippen LogP contribution in [-0.2, 0) is 11.3 Å². The number of carbonyl (C=O) groups excluding carboxylic acids is 1. The van der Waals surface area contributed by atoms with Crippen molar-refractivity contribution in [2.75, 3.05) is 5.43 Å². The summed E-state index contributed by atoms with van der Waals surface area (Å²) >= 11 is 0. The fraction of sp³-hybridized carbons (Fsp3) is 0.150. The number of hydrogen-bond donors (Lipinski definition) is 3. The number of nitrogens with zero attached hydrogens (tertiary/aromatic N) is 3. The third-order valence-corrected chi connectivity index (χ3v) is 4.44. The number of aromatic nitrogens is 3. The van der Waals surface area contributed by atoms with E-state index in [-0.39, 0.29) is 0 Å². The van der Waals surface area contributed by atoms with Crippen LogP contribution < -0.4 is 16.6 Å². The predicted octanol–water partition coefficient (Wildman–Crippen LogP) is 2.48. The number of rotatable bonds is 4. The number of hydrazine groups is 1. The topological polar surface area (TPSA) is 97.9 Å². The maximum Gasteiger partial charge on any atom is 0.250 e. The van der Waals surface area contributed by atoms with Gasteiger partial charge < -0.3 is 11.2 Å². The molecule has 0 radical (unpaired) electrons. The summed E-state index contributed by atoms with van der Waals surface area (Å²) in [5.74, 6) is 0.0750. The number of primary amides is 1. The first-order valence-corrected chi connectivity index (χ1v) is 8.63. The maximum atomic E-state index is 12.0. The van der Waals surface area contributed by atoms with E-state index in [1.807, 2.05) is 44.2 Å². The molecule has 0 bridgehead atoms. The highest BCUT2D eigenvalue weighted by Crippen LogP contribution is 2.26. The molecule has 1 aliphatic rings. The number of benzene rings is 2. The molecule has 0 saturated carbocycles. The number of carbonyl (C=O) groups is 1. The van der Waals surface area contributed by atoms with Crippen LogP contribution in [0, 0.1) is 13.8 Å². The zero-order chi connectivity index (χ0) is 19.0. The number of amides is 1. The summed E-state index contributed by atoms with van der Waals surface area (Å²) in [5, 5.41) is 4.48. The largest absolute Gasteiger partial charge is 0.366 e. The molecule has 0 fully saturated rings. The van der Waals surface area contributed by atoms with Gasteiger partial charge in [0.25, 0.3) is 5.91 Å². The lowest BCUT2D eigenvalue weighted by Crippen LogP contribution is -2.14. The molecule has 1 amide bonds. The average molecular weight is 360 g/mol. The van der Waals surface area contributed by atoms with Gasteiger partial charge in [0.2, 0.25) is 0 Å². The van der Waals surface area contributed by atoms with Crippen LogP contribution in [-0.4, -0.2) is 20.7 Å². The molecule has 7 nitrogen and oxygen atoms in total. The molecule has 0 aliphatic carbocycles. The van der Waals surface area contributed by atoms with Gasteiger partial charge >= 0.3 is 0 Å². The molecule has 3 aromatic rings. The summed E-state index contributed by atoms with van der Waals surface area (Å²) in [5.41, 5.74) is 18.1. The Morgan fingerprint density at radius 3 is 2.70 bits per heavy atom. The van der Waals surface area contributed by atoms with Crippen molar-refractivity contribution in [1.82, 2.24) is 20.2 Å². The highest BCUT2D eigenvalue weighted by molar-refractivity contribution is 6.22. The van der Waals surface area contributed by atoms with Gasteiger partial charge in [0.15, 0.2) is 5.82 Å². The normalized spacial score (nSPS) is 13.3. The summed E-state index contributed by atoms with van der Waals surface area (Å²) in [6.45, 7) is 4.82. The minimum atomic E-state index is -0.524. The first kappa shape index (κ1) is 17.0. The van der Waals surface area contributed by atoms with Gasteiger partial charge in [-0.25, -0.2) is 15.1 Å². The number of nitrogens with two attached hydrogens (primary N) is 1. The van der Waals surface area contributed by atoms with Crippen LogP contribution in [0.1, 0.15) is 22.3 Å². The fourth-order valence-corrected chi connectivity index (χ4v) is 3.23. The molecule has 4 N–H and O–H groups in total. The van der Waals surface area contributed by atoms with Gasteiger partial charge in [-0.2, -0.15) is 0 Å². The molecule has 0 unspecified atom stereocenters. The molecule has 27 heavy (non-hydrogen) atoms. The van der Waals surface area contributed by atoms with Crippen molar-refractivity contribution in [2.24, 2.45) is 5.73 Å². The highest BCUT2D eigenvalue weighted by Gasteiger charge is 2.15. The Morgan fingerprint density at radius 2 is 1.96 bits per heavy atom. The highest BCUT2D eigenvalue weighted by atomic mass is 16.1. The molecule has 0 atom stereocenters. The monoisotopic (exact) mass is 360 g/mol. The molecule has 1 aromatic heterocycles. The third kappa shape index (κ3) is 3.45. The van der Waals surface area contributed by atoms with Crippen molar-refractivity contribution in [2.45, 2.75) is 20.4 Å². The van der Waals surface area contributed by atoms with E-state index in [1.54, 1.807) is 12.5 Å². The molecule has 0 saturated heterocycles. The van der Waals surface area contributed by atoms with Crippen LogP contribution in [0.4, 0.5) is 5.69 Å². The van der Waals surface area contributed by atoms with Crippen molar-refractivity contribution >= 4 is 23.4 Å². The molecule has 2 aromatic carbocycles. The summed E-state index contributed by atoms with van der Waals surface area (Å²) < 4.78 is 1.52. The number of aryl methyl sites for hydroxylation is 2. The second-order valence-corrected chi connectivity index (χ2v) is 6.68. The Kier molecular flexibility index (Phi) is 4.21. The smallest absolute Gasteiger partial charge is 0.250 e. The average Bonchev–Trinajstić information content (AvgIpc) is 3.27. The molecule has 7 heteroatoms. The van der Waals surface area contributed by atoms with Gasteiger partial charge in [0.05, 0.1) is 11.3 Å². The second-order valence-electron chi connectivity index (χ2n) is 6.68. The summed E-state index contributed by atoms with van der Waals surface area (Å²) in [4.78, 5) is 16.4. The Labute approximate surface area is 156 Å². The lowest BCUT2D eigenvalue weighted by atomic mass is 10.0. The van der Waals surface area contributed by atoms with Gasteiger partial charge in [0.1, 0.15) is 6.33 Å². The minimum absolute atomic E-state index is 0.364. The Balaban J connectivity index is 1.70. The van der Waals surface area contributed by atoms with Crippen molar-refractivity contribution in [3.8, 4) is 11.4 Å². The SMILES string of the molecule is Cc1cc(C)cc(-c2ncn(/C=C(/C(N)=O)c3ccc4c(c3)NNC4)n2)c1. The van der Waals surface area contributed by atoms with Crippen LogP contribution in [0.25, 0.3) is 23.2 Å². The van der Waals surface area contributed by atoms with Crippen LogP contribution >= 0.6 is 0 Å². The van der Waals surface area contributed by atoms with E-state index >= 15 is 0 Å². The molecule has 0 spiro atoms. The Morgan fingerprint density at radius 1 is 1.19 bits per heavy atom. The summed E-state index contributed by atoms with van der Waals surface area (Å²) in [7, 11) is 0. The van der Waals surface area contributed by atoms with E-state index in [1.165, 1.54) is 4.68 Å². The van der Waals surface area contributed by atoms with E-state index < -0.39 is 5.91 Å². The van der Waals surface area contributed by atoms with E-state index in [4.69, 9.17) is 5.73 Å². The predicted molar refractivity (Wildman–Crippen MR) is 105 cm³/mol. The molecule has 136 valence electrons. The first-order chi connectivity index (χ1) is 13.0. The van der Waals surface area contributed by atoms with Crippen molar-refractivity contribution in [3.05, 3.63) is 65.0 Å². The van der Waals surface area contributed by atoms with Crippen molar-refractivity contribution in [1.29, 1.82) is 0 Å². The summed E-state index contributed by atoms with van der Waals surface area (Å²) in [6, 6.07) is 11.9. The molecule has 4 rings (SSSR count). The number of fused-ring (bicyclic) bond motifs is 1. The van der Waals surface area contributed by atoms with Crippen molar-refractivity contribution < 1.29 is 4.79 Å². The lowest BCUT2D eigenvalue weighted by molar-refractivity contribution is -0.112. The minimum Gasteiger partial charge on any atom is -0.366 e. The van der Waals surface area contributed by atoms with Gasteiger partial charge in [0, 0.05) is 18.3 Å². The Hall–Kier alpha value is -3.45. The number of nitrogens with one attached hydrogen (secondary N) is 2. The second kappa shape index (κ2) is 6.69. The molecule has 1 aliphatic heterocycles. The van der Waals surface area contributed by atoms with Gasteiger partial charge in [-0.1, -0.05) is 29.3 Å². The quantitative estimate of drug-likeness (QED) is 0.621. The van der Waals surface area contributed by atoms with E-state index in [2.05, 4.69) is 27.0 Å². The van der Waals surface area contributed by atoms with E-state index in [0.29, 0.717) is 11.4 Å². The molecular formula is C20H20N6O. The molecular weight excluding hydrogens is 340 g/mol. The van der Waals surface area contributed by atoms with Gasteiger partial charge in [-0.05, 0) is 43.2 Å². The number of hydrogen-bond acceptors (Lipinski definition) is 5. The van der Waals surface area contributed by atoms with Gasteiger partial charge in [-0.3, -0.25) is 4.79 Å². The maximum absolute atomic E-state index is 12.0. The van der Waals surface area contributed by atoms with Gasteiger partial charge in [-0.15, -0.1) is 5.10 Å². The summed E-state index contributed by atoms with van der Waals surface area (Å²) in [6.07, 6.45) is 3.18. The lowest BCUT2D eigenvalue weighted by Gasteiger charge is -2.06. The van der Waals surface area contributed by atoms with Crippen molar-refractivity contribution in [3.63, 3.8) is 0 Å². The van der Waals surface area contributed by atoms with Crippen LogP contribution in [0.3, 0.4) is 0 Å². The Bertz CT molecular complexity index is 1050. The van der Waals surface area contributed by atoms with Crippen LogP contribution in [0.5, 0.6) is 0 Å². The number of anilines is 1. The first-order valence-electron chi connectivity index (χ1n) is 8.63.